The van der Waals surface area contributed by atoms with Gasteiger partial charge in [-0.25, -0.2) is 4.90 Å². The molecular weight excluding hydrogens is 544 g/mol. The largest absolute Gasteiger partial charge is 0.350 e. The van der Waals surface area contributed by atoms with E-state index < -0.39 is 17.7 Å². The van der Waals surface area contributed by atoms with Gasteiger partial charge in [-0.05, 0) is 48.5 Å². The second-order valence-electron chi connectivity index (χ2n) is 6.99. The molecule has 0 saturated carbocycles. The highest BCUT2D eigenvalue weighted by Crippen LogP contribution is 2.36. The fourth-order valence-electron chi connectivity index (χ4n) is 3.17. The molecule has 0 spiro atoms. The third-order valence-corrected chi connectivity index (χ3v) is 6.48. The molecule has 172 valence electrons. The van der Waals surface area contributed by atoms with E-state index in [1.54, 1.807) is 36.4 Å². The number of amides is 3. The maximum atomic E-state index is 13.0. The monoisotopic (exact) mass is 553 g/mol. The summed E-state index contributed by atoms with van der Waals surface area (Å²) in [6.07, 6.45) is 0. The van der Waals surface area contributed by atoms with Gasteiger partial charge < -0.3 is 10.6 Å². The predicted octanol–water partition coefficient (Wildman–Crippen LogP) is 6.99. The zero-order valence-corrected chi connectivity index (χ0v) is 20.6. The van der Waals surface area contributed by atoms with E-state index in [0.29, 0.717) is 21.4 Å². The van der Waals surface area contributed by atoms with Crippen molar-refractivity contribution in [2.45, 2.75) is 0 Å². The van der Waals surface area contributed by atoms with Crippen molar-refractivity contribution < 1.29 is 14.4 Å². The number of nitrogens with zero attached hydrogens (tertiary/aromatic N) is 1. The fraction of sp³-hybridized carbons (Fsp3) is 0. The Morgan fingerprint density at radius 2 is 1.53 bits per heavy atom. The standard InChI is InChI=1S/C23H12Cl5N3O3/c24-12-7-8-17(15(26)10-12)31-22(33)19(28)20(23(31)34)29-13-4-1-3-11(9-13)21(32)30-16-6-2-5-14(25)18(16)27/h1-10,29H,(H,30,32). The van der Waals surface area contributed by atoms with Gasteiger partial charge in [-0.1, -0.05) is 70.1 Å². The van der Waals surface area contributed by atoms with Gasteiger partial charge in [0.15, 0.2) is 0 Å². The van der Waals surface area contributed by atoms with Gasteiger partial charge in [0.1, 0.15) is 10.7 Å². The molecule has 0 bridgehead atoms. The van der Waals surface area contributed by atoms with Crippen LogP contribution in [0.2, 0.25) is 20.1 Å². The predicted molar refractivity (Wildman–Crippen MR) is 136 cm³/mol. The van der Waals surface area contributed by atoms with Crippen molar-refractivity contribution in [3.8, 4) is 0 Å². The van der Waals surface area contributed by atoms with Gasteiger partial charge in [-0.3, -0.25) is 14.4 Å². The van der Waals surface area contributed by atoms with Crippen LogP contribution < -0.4 is 15.5 Å². The Morgan fingerprint density at radius 1 is 0.794 bits per heavy atom. The van der Waals surface area contributed by atoms with Crippen LogP contribution >= 0.6 is 58.0 Å². The molecule has 0 aromatic heterocycles. The van der Waals surface area contributed by atoms with Crippen LogP contribution in [0.1, 0.15) is 10.4 Å². The number of benzene rings is 3. The molecule has 6 nitrogen and oxygen atoms in total. The van der Waals surface area contributed by atoms with Gasteiger partial charge in [-0.2, -0.15) is 0 Å². The third kappa shape index (κ3) is 4.73. The zero-order valence-electron chi connectivity index (χ0n) is 16.8. The molecule has 0 radical (unpaired) electrons. The highest BCUT2D eigenvalue weighted by molar-refractivity contribution is 6.54. The fourth-order valence-corrected chi connectivity index (χ4v) is 4.22. The molecule has 4 rings (SSSR count). The van der Waals surface area contributed by atoms with Crippen molar-refractivity contribution in [3.05, 3.63) is 97.0 Å². The lowest BCUT2D eigenvalue weighted by atomic mass is 10.1. The number of halogens is 5. The lowest BCUT2D eigenvalue weighted by Gasteiger charge is -2.17. The maximum absolute atomic E-state index is 13.0. The van der Waals surface area contributed by atoms with Crippen LogP contribution in [-0.4, -0.2) is 17.7 Å². The van der Waals surface area contributed by atoms with Gasteiger partial charge in [0.25, 0.3) is 17.7 Å². The van der Waals surface area contributed by atoms with Crippen molar-refractivity contribution in [1.82, 2.24) is 0 Å². The first-order chi connectivity index (χ1) is 16.2. The number of rotatable bonds is 5. The smallest absolute Gasteiger partial charge is 0.283 e. The van der Waals surface area contributed by atoms with Crippen LogP contribution in [0, 0.1) is 0 Å². The molecule has 1 aliphatic rings. The van der Waals surface area contributed by atoms with Gasteiger partial charge in [0.2, 0.25) is 0 Å². The highest BCUT2D eigenvalue weighted by atomic mass is 35.5. The molecule has 11 heteroatoms. The molecular formula is C23H12Cl5N3O3. The molecule has 1 heterocycles. The summed E-state index contributed by atoms with van der Waals surface area (Å²) in [6, 6.07) is 15.5. The average molecular weight is 556 g/mol. The summed E-state index contributed by atoms with van der Waals surface area (Å²) in [4.78, 5) is 39.3. The zero-order chi connectivity index (χ0) is 24.6. The number of carbonyl (C=O) groups is 3. The normalized spacial score (nSPS) is 13.5. The van der Waals surface area contributed by atoms with Crippen LogP contribution in [0.15, 0.2) is 71.4 Å². The number of nitrogens with one attached hydrogen (secondary N) is 2. The molecule has 0 aliphatic carbocycles. The van der Waals surface area contributed by atoms with E-state index in [2.05, 4.69) is 10.6 Å². The van der Waals surface area contributed by atoms with Crippen molar-refractivity contribution in [1.29, 1.82) is 0 Å². The highest BCUT2D eigenvalue weighted by Gasteiger charge is 2.39. The first kappa shape index (κ1) is 24.4. The molecule has 3 aromatic carbocycles. The summed E-state index contributed by atoms with van der Waals surface area (Å²) >= 11 is 30.4. The van der Waals surface area contributed by atoms with Crippen molar-refractivity contribution in [2.24, 2.45) is 0 Å². The minimum atomic E-state index is -0.747. The van der Waals surface area contributed by atoms with E-state index in [9.17, 15) is 14.4 Å². The summed E-state index contributed by atoms with van der Waals surface area (Å²) < 4.78 is 0. The summed E-state index contributed by atoms with van der Waals surface area (Å²) in [7, 11) is 0. The molecule has 0 atom stereocenters. The van der Waals surface area contributed by atoms with Crippen LogP contribution in [0.25, 0.3) is 0 Å². The molecule has 3 amide bonds. The van der Waals surface area contributed by atoms with Crippen molar-refractivity contribution in [3.63, 3.8) is 0 Å². The summed E-state index contributed by atoms with van der Waals surface area (Å²) in [5.74, 6) is -1.92. The maximum Gasteiger partial charge on any atom is 0.283 e. The molecule has 0 unspecified atom stereocenters. The van der Waals surface area contributed by atoms with Gasteiger partial charge in [-0.15, -0.1) is 0 Å². The van der Waals surface area contributed by atoms with Crippen molar-refractivity contribution >= 4 is 92.8 Å². The molecule has 0 saturated heterocycles. The molecule has 1 aliphatic heterocycles. The number of hydrogen-bond acceptors (Lipinski definition) is 4. The van der Waals surface area contributed by atoms with Crippen molar-refractivity contribution in [2.75, 3.05) is 15.5 Å². The van der Waals surface area contributed by atoms with Gasteiger partial charge in [0.05, 0.1) is 26.4 Å². The van der Waals surface area contributed by atoms with Gasteiger partial charge in [0, 0.05) is 16.3 Å². The van der Waals surface area contributed by atoms with E-state index in [4.69, 9.17) is 58.0 Å². The number of carbonyl (C=O) groups excluding carboxylic acids is 3. The Balaban J connectivity index is 1.56. The third-order valence-electron chi connectivity index (χ3n) is 4.77. The van der Waals surface area contributed by atoms with Gasteiger partial charge >= 0.3 is 0 Å². The molecule has 34 heavy (non-hydrogen) atoms. The molecule has 2 N–H and O–H groups in total. The van der Waals surface area contributed by atoms with E-state index >= 15 is 0 Å². The molecule has 3 aromatic rings. The SMILES string of the molecule is O=C(Nc1cccc(Cl)c1Cl)c1cccc(NC2=C(Cl)C(=O)N(c3ccc(Cl)cc3Cl)C2=O)c1. The van der Waals surface area contributed by atoms with E-state index in [-0.39, 0.29) is 32.0 Å². The van der Waals surface area contributed by atoms with Crippen LogP contribution in [0.5, 0.6) is 0 Å². The first-order valence-corrected chi connectivity index (χ1v) is 11.4. The average Bonchev–Trinajstić information content (AvgIpc) is 3.00. The van der Waals surface area contributed by atoms with E-state index in [1.165, 1.54) is 24.3 Å². The molecule has 0 fully saturated rings. The van der Waals surface area contributed by atoms with Crippen LogP contribution in [0.3, 0.4) is 0 Å². The minimum absolute atomic E-state index is 0.110. The second kappa shape index (κ2) is 9.86. The Morgan fingerprint density at radius 3 is 2.26 bits per heavy atom. The summed E-state index contributed by atoms with van der Waals surface area (Å²) in [5, 5.41) is 6.14. The lowest BCUT2D eigenvalue weighted by Crippen LogP contribution is -2.32. The Bertz CT molecular complexity index is 1390. The summed E-state index contributed by atoms with van der Waals surface area (Å²) in [5.41, 5.74) is 0.932. The quantitative estimate of drug-likeness (QED) is 0.333. The summed E-state index contributed by atoms with van der Waals surface area (Å²) in [6.45, 7) is 0. The minimum Gasteiger partial charge on any atom is -0.350 e. The van der Waals surface area contributed by atoms with E-state index in [1.807, 2.05) is 0 Å². The van der Waals surface area contributed by atoms with E-state index in [0.717, 1.165) is 4.90 Å². The second-order valence-corrected chi connectivity index (χ2v) is 9.00. The topological polar surface area (TPSA) is 78.5 Å². The lowest BCUT2D eigenvalue weighted by molar-refractivity contribution is -0.120. The van der Waals surface area contributed by atoms with Crippen LogP contribution in [-0.2, 0) is 9.59 Å². The number of imide groups is 1. The Kier molecular flexibility index (Phi) is 7.07. The number of anilines is 3. The Labute approximate surface area is 219 Å². The first-order valence-electron chi connectivity index (χ1n) is 9.53. The Hall–Kier alpha value is -2.74. The number of hydrogen-bond donors (Lipinski definition) is 2. The van der Waals surface area contributed by atoms with Crippen LogP contribution in [0.4, 0.5) is 17.1 Å².